The Morgan fingerprint density at radius 3 is 2.21 bits per heavy atom. The van der Waals surface area contributed by atoms with Gasteiger partial charge in [0.25, 0.3) is 0 Å². The fraction of sp³-hybridized carbons (Fsp3) is 0.875. The molecule has 4 rings (SSSR count). The Kier molecular flexibility index (Phi) is 7.48. The van der Waals surface area contributed by atoms with Crippen LogP contribution in [0.15, 0.2) is 11.1 Å². The molecule has 4 aliphatic carbocycles. The van der Waals surface area contributed by atoms with Crippen molar-refractivity contribution in [3.8, 4) is 0 Å². The van der Waals surface area contributed by atoms with E-state index in [1.165, 1.54) is 6.92 Å². The number of ether oxygens (including phenoxy) is 1. The first-order valence-corrected chi connectivity index (χ1v) is 14.9. The maximum Gasteiger partial charge on any atom is 0.306 e. The lowest BCUT2D eigenvalue weighted by molar-refractivity contribution is -0.167. The maximum absolute atomic E-state index is 12.6. The normalized spacial score (nSPS) is 40.0. The van der Waals surface area contributed by atoms with E-state index in [-0.39, 0.29) is 46.1 Å². The van der Waals surface area contributed by atoms with Crippen molar-refractivity contribution in [2.45, 2.75) is 137 Å². The van der Waals surface area contributed by atoms with Crippen molar-refractivity contribution < 1.29 is 29.6 Å². The first-order chi connectivity index (χ1) is 17.4. The van der Waals surface area contributed by atoms with Crippen molar-refractivity contribution in [3.05, 3.63) is 11.1 Å². The van der Waals surface area contributed by atoms with Gasteiger partial charge in [-0.25, -0.2) is 0 Å². The van der Waals surface area contributed by atoms with E-state index in [1.807, 2.05) is 0 Å². The Hall–Kier alpha value is -1.40. The summed E-state index contributed by atoms with van der Waals surface area (Å²) in [6, 6.07) is 0. The number of hydrogen-bond donors (Lipinski definition) is 3. The van der Waals surface area contributed by atoms with E-state index >= 15 is 0 Å². The fourth-order valence-corrected chi connectivity index (χ4v) is 9.95. The zero-order valence-corrected chi connectivity index (χ0v) is 25.0. The second kappa shape index (κ2) is 9.61. The van der Waals surface area contributed by atoms with Gasteiger partial charge in [-0.15, -0.1) is 0 Å². The summed E-state index contributed by atoms with van der Waals surface area (Å²) >= 11 is 0. The van der Waals surface area contributed by atoms with Crippen LogP contribution in [0.2, 0.25) is 0 Å². The van der Waals surface area contributed by atoms with E-state index in [9.17, 15) is 24.9 Å². The molecule has 8 atom stereocenters. The lowest BCUT2D eigenvalue weighted by Gasteiger charge is -2.62. The van der Waals surface area contributed by atoms with Crippen LogP contribution in [0.1, 0.15) is 120 Å². The number of rotatable bonds is 7. The highest BCUT2D eigenvalue weighted by atomic mass is 16.5. The first kappa shape index (κ1) is 29.6. The SMILES string of the molecule is CC(=O)OC1CCC2(C)C3=C(CCC2C1(C)C)C1(C)CCC(C(CCC(O)C(C)(C)O)C(=O)O)C1(C)CC3. The summed E-state index contributed by atoms with van der Waals surface area (Å²) in [7, 11) is 0. The van der Waals surface area contributed by atoms with Crippen LogP contribution in [0.3, 0.4) is 0 Å². The first-order valence-electron chi connectivity index (χ1n) is 14.9. The smallest absolute Gasteiger partial charge is 0.306 e. The number of aliphatic hydroxyl groups excluding tert-OH is 1. The number of carbonyl (C=O) groups excluding carboxylic acids is 1. The largest absolute Gasteiger partial charge is 0.481 e. The van der Waals surface area contributed by atoms with Gasteiger partial charge in [0.05, 0.1) is 17.6 Å². The summed E-state index contributed by atoms with van der Waals surface area (Å²) in [5.74, 6) is -0.986. The topological polar surface area (TPSA) is 104 Å². The molecule has 2 saturated carbocycles. The molecule has 4 aliphatic rings. The van der Waals surface area contributed by atoms with E-state index in [1.54, 1.807) is 25.0 Å². The van der Waals surface area contributed by atoms with Crippen molar-refractivity contribution in [1.82, 2.24) is 0 Å². The van der Waals surface area contributed by atoms with E-state index in [0.717, 1.165) is 51.4 Å². The molecular weight excluding hydrogens is 480 g/mol. The summed E-state index contributed by atoms with van der Waals surface area (Å²) in [5.41, 5.74) is 1.83. The van der Waals surface area contributed by atoms with Crippen LogP contribution in [0.5, 0.6) is 0 Å². The van der Waals surface area contributed by atoms with Gasteiger partial charge in [0.2, 0.25) is 0 Å². The van der Waals surface area contributed by atoms with Crippen molar-refractivity contribution in [3.63, 3.8) is 0 Å². The maximum atomic E-state index is 12.6. The van der Waals surface area contributed by atoms with Gasteiger partial charge in [0.15, 0.2) is 0 Å². The summed E-state index contributed by atoms with van der Waals surface area (Å²) in [5, 5.41) is 30.9. The molecule has 0 aliphatic heterocycles. The summed E-state index contributed by atoms with van der Waals surface area (Å²) in [6.07, 6.45) is 7.62. The average molecular weight is 533 g/mol. The highest BCUT2D eigenvalue weighted by Gasteiger charge is 2.64. The molecule has 216 valence electrons. The molecule has 6 nitrogen and oxygen atoms in total. The number of aliphatic carboxylic acids is 1. The van der Waals surface area contributed by atoms with Gasteiger partial charge in [0.1, 0.15) is 6.10 Å². The Morgan fingerprint density at radius 2 is 1.63 bits per heavy atom. The van der Waals surface area contributed by atoms with Gasteiger partial charge in [-0.05, 0) is 106 Å². The number of carbonyl (C=O) groups is 2. The third-order valence-electron chi connectivity index (χ3n) is 12.4. The van der Waals surface area contributed by atoms with Crippen LogP contribution in [0.25, 0.3) is 0 Å². The predicted molar refractivity (Wildman–Crippen MR) is 147 cm³/mol. The lowest BCUT2D eigenvalue weighted by atomic mass is 9.43. The van der Waals surface area contributed by atoms with E-state index in [4.69, 9.17) is 4.74 Å². The second-order valence-corrected chi connectivity index (χ2v) is 15.0. The zero-order valence-electron chi connectivity index (χ0n) is 25.0. The minimum atomic E-state index is -1.24. The molecule has 0 bridgehead atoms. The van der Waals surface area contributed by atoms with Gasteiger partial charge in [-0.3, -0.25) is 9.59 Å². The molecule has 38 heavy (non-hydrogen) atoms. The molecule has 0 aromatic carbocycles. The molecule has 6 heteroatoms. The molecule has 0 heterocycles. The molecule has 8 unspecified atom stereocenters. The highest BCUT2D eigenvalue weighted by molar-refractivity contribution is 5.70. The molecule has 0 saturated heterocycles. The zero-order chi connectivity index (χ0) is 28.5. The van der Waals surface area contributed by atoms with Gasteiger partial charge < -0.3 is 20.1 Å². The quantitative estimate of drug-likeness (QED) is 0.263. The van der Waals surface area contributed by atoms with Gasteiger partial charge in [-0.2, -0.15) is 0 Å². The number of hydrogen-bond acceptors (Lipinski definition) is 5. The van der Waals surface area contributed by atoms with Crippen LogP contribution in [0.4, 0.5) is 0 Å². The number of carboxylic acids is 1. The van der Waals surface area contributed by atoms with Crippen molar-refractivity contribution >= 4 is 11.9 Å². The Balaban J connectivity index is 1.64. The molecule has 0 aromatic rings. The predicted octanol–water partition coefficient (Wildman–Crippen LogP) is 6.28. The average Bonchev–Trinajstić information content (AvgIpc) is 3.06. The highest BCUT2D eigenvalue weighted by Crippen LogP contribution is 2.72. The van der Waals surface area contributed by atoms with Crippen molar-refractivity contribution in [1.29, 1.82) is 0 Å². The minimum Gasteiger partial charge on any atom is -0.481 e. The Morgan fingerprint density at radius 1 is 0.974 bits per heavy atom. The van der Waals surface area contributed by atoms with Crippen molar-refractivity contribution in [2.75, 3.05) is 0 Å². The van der Waals surface area contributed by atoms with Gasteiger partial charge in [0, 0.05) is 12.3 Å². The fourth-order valence-electron chi connectivity index (χ4n) is 9.95. The summed E-state index contributed by atoms with van der Waals surface area (Å²) in [4.78, 5) is 24.4. The molecule has 2 fully saturated rings. The number of aliphatic hydroxyl groups is 2. The number of carboxylic acid groups (broad SMARTS) is 1. The number of allylic oxidation sites excluding steroid dienone is 2. The number of fused-ring (bicyclic) bond motifs is 4. The van der Waals surface area contributed by atoms with Crippen LogP contribution in [0, 0.1) is 39.4 Å². The van der Waals surface area contributed by atoms with Gasteiger partial charge in [-0.1, -0.05) is 45.8 Å². The molecular formula is C32H52O6. The molecule has 0 amide bonds. The van der Waals surface area contributed by atoms with Gasteiger partial charge >= 0.3 is 11.9 Å². The van der Waals surface area contributed by atoms with E-state index < -0.39 is 23.6 Å². The van der Waals surface area contributed by atoms with E-state index in [0.29, 0.717) is 12.3 Å². The summed E-state index contributed by atoms with van der Waals surface area (Å²) in [6.45, 7) is 16.4. The number of esters is 1. The Bertz CT molecular complexity index is 990. The standard InChI is InChI=1S/C32H52O6/c1-19(33)38-26-15-16-30(6)22-14-18-31(7)21(20(27(35)36)9-12-25(34)29(4,5)37)13-17-32(31,8)23(22)10-11-24(30)28(26,2)3/h20-21,24-26,34,37H,9-18H2,1-8H3,(H,35,36). The van der Waals surface area contributed by atoms with Crippen molar-refractivity contribution in [2.24, 2.45) is 39.4 Å². The second-order valence-electron chi connectivity index (χ2n) is 15.0. The van der Waals surface area contributed by atoms with Crippen LogP contribution >= 0.6 is 0 Å². The molecule has 0 aromatic heterocycles. The lowest BCUT2D eigenvalue weighted by Crippen LogP contribution is -2.56. The monoisotopic (exact) mass is 532 g/mol. The minimum absolute atomic E-state index is 0.0291. The third-order valence-corrected chi connectivity index (χ3v) is 12.4. The summed E-state index contributed by atoms with van der Waals surface area (Å²) < 4.78 is 5.82. The molecule has 0 spiro atoms. The van der Waals surface area contributed by atoms with Crippen LogP contribution in [-0.2, 0) is 14.3 Å². The van der Waals surface area contributed by atoms with Crippen LogP contribution in [-0.4, -0.2) is 45.1 Å². The van der Waals surface area contributed by atoms with E-state index in [2.05, 4.69) is 34.6 Å². The molecule has 0 radical (unpaired) electrons. The Labute approximate surface area is 229 Å². The third kappa shape index (κ3) is 4.46. The van der Waals surface area contributed by atoms with Crippen LogP contribution < -0.4 is 0 Å². The molecule has 3 N–H and O–H groups in total.